The molecule has 0 bridgehead atoms. The summed E-state index contributed by atoms with van der Waals surface area (Å²) in [6, 6.07) is 0. The Labute approximate surface area is 565 Å². The number of quaternary nitrogens is 1. The van der Waals surface area contributed by atoms with Gasteiger partial charge in [0.1, 0.15) is 13.2 Å². The standard InChI is InChI=1S/C82H151NO8/c1-6-8-10-12-14-16-18-20-22-24-26-28-30-32-34-35-36-37-38-39-40-41-42-43-44-45-47-48-50-52-54-56-58-60-62-64-66-68-70-72-79(84)89-76-78(77-90-82(81(86)87)88-75-74-83(3,4)5)91-80(85)73-71-69-67-65-63-61-59-57-55-53-51-49-46-33-31-29-27-25-23-21-19-17-15-13-11-9-7-2/h9,11,15,17,21,23,27,29,33,46,78,82H,6-8,10,12-14,16,18-20,22,24-26,28,30-32,34-45,47-77H2,1-5H3/p+1/b11-9-,17-15-,23-21-,29-27-,46-33-. The molecule has 0 aliphatic heterocycles. The van der Waals surface area contributed by atoms with Gasteiger partial charge in [0.15, 0.2) is 6.10 Å². The summed E-state index contributed by atoms with van der Waals surface area (Å²) in [6.07, 6.45) is 93.8. The predicted octanol–water partition coefficient (Wildman–Crippen LogP) is 25.0. The number of ether oxygens (including phenoxy) is 4. The van der Waals surface area contributed by atoms with Crippen LogP contribution in [0.4, 0.5) is 0 Å². The molecule has 9 heteroatoms. The molecule has 0 aliphatic rings. The Morgan fingerprint density at radius 2 is 0.626 bits per heavy atom. The van der Waals surface area contributed by atoms with Crippen LogP contribution < -0.4 is 0 Å². The average Bonchev–Trinajstić information content (AvgIpc) is 3.46. The molecule has 0 heterocycles. The Bertz CT molecular complexity index is 1680. The third kappa shape index (κ3) is 74.3. The molecule has 0 rings (SSSR count). The Hall–Kier alpha value is -3.01. The molecule has 0 fully saturated rings. The van der Waals surface area contributed by atoms with Crippen molar-refractivity contribution in [1.82, 2.24) is 0 Å². The number of carbonyl (C=O) groups excluding carboxylic acids is 2. The average molecular weight is 1280 g/mol. The first kappa shape index (κ1) is 88.0. The summed E-state index contributed by atoms with van der Waals surface area (Å²) in [5.74, 6) is -1.99. The van der Waals surface area contributed by atoms with E-state index in [0.29, 0.717) is 17.4 Å². The number of unbranched alkanes of at least 4 members (excludes halogenated alkanes) is 49. The summed E-state index contributed by atoms with van der Waals surface area (Å²) in [4.78, 5) is 37.7. The lowest BCUT2D eigenvalue weighted by Gasteiger charge is -2.25. The molecule has 0 radical (unpaired) electrons. The van der Waals surface area contributed by atoms with Crippen LogP contribution in [0.3, 0.4) is 0 Å². The van der Waals surface area contributed by atoms with Crippen molar-refractivity contribution in [2.45, 2.75) is 399 Å². The van der Waals surface area contributed by atoms with Gasteiger partial charge in [0, 0.05) is 12.8 Å². The summed E-state index contributed by atoms with van der Waals surface area (Å²) in [5.41, 5.74) is 0. The Kier molecular flexibility index (Phi) is 70.4. The number of hydrogen-bond donors (Lipinski definition) is 1. The van der Waals surface area contributed by atoms with E-state index in [9.17, 15) is 19.5 Å². The minimum Gasteiger partial charge on any atom is -0.477 e. The van der Waals surface area contributed by atoms with Crippen molar-refractivity contribution in [2.24, 2.45) is 0 Å². The van der Waals surface area contributed by atoms with Crippen LogP contribution in [0, 0.1) is 0 Å². The van der Waals surface area contributed by atoms with Crippen LogP contribution in [-0.2, 0) is 33.3 Å². The third-order valence-corrected chi connectivity index (χ3v) is 17.8. The quantitative estimate of drug-likeness (QED) is 0.0211. The lowest BCUT2D eigenvalue weighted by Crippen LogP contribution is -2.40. The fourth-order valence-electron chi connectivity index (χ4n) is 11.8. The van der Waals surface area contributed by atoms with Gasteiger partial charge in [0.2, 0.25) is 0 Å². The lowest BCUT2D eigenvalue weighted by atomic mass is 10.0. The maximum Gasteiger partial charge on any atom is 0.361 e. The van der Waals surface area contributed by atoms with E-state index >= 15 is 0 Å². The van der Waals surface area contributed by atoms with E-state index in [1.54, 1.807) is 0 Å². The second-order valence-corrected chi connectivity index (χ2v) is 28.0. The van der Waals surface area contributed by atoms with Crippen molar-refractivity contribution in [3.63, 3.8) is 0 Å². The molecule has 9 nitrogen and oxygen atoms in total. The van der Waals surface area contributed by atoms with Crippen molar-refractivity contribution in [1.29, 1.82) is 0 Å². The van der Waals surface area contributed by atoms with Gasteiger partial charge in [-0.05, 0) is 57.8 Å². The first-order chi connectivity index (χ1) is 44.6. The molecule has 0 saturated heterocycles. The van der Waals surface area contributed by atoms with Crippen LogP contribution in [0.2, 0.25) is 0 Å². The number of hydrogen-bond acceptors (Lipinski definition) is 7. The molecular weight excluding hydrogens is 1130 g/mol. The van der Waals surface area contributed by atoms with E-state index in [1.807, 2.05) is 21.1 Å². The maximum atomic E-state index is 13.0. The minimum atomic E-state index is -1.51. The zero-order valence-corrected chi connectivity index (χ0v) is 61.0. The van der Waals surface area contributed by atoms with E-state index < -0.39 is 24.3 Å². The van der Waals surface area contributed by atoms with Crippen LogP contribution >= 0.6 is 0 Å². The van der Waals surface area contributed by atoms with Crippen molar-refractivity contribution >= 4 is 17.9 Å². The minimum absolute atomic E-state index is 0.181. The highest BCUT2D eigenvalue weighted by molar-refractivity contribution is 5.71. The van der Waals surface area contributed by atoms with Gasteiger partial charge in [-0.2, -0.15) is 0 Å². The second-order valence-electron chi connectivity index (χ2n) is 28.0. The zero-order valence-electron chi connectivity index (χ0n) is 61.0. The van der Waals surface area contributed by atoms with E-state index in [4.69, 9.17) is 18.9 Å². The fourth-order valence-corrected chi connectivity index (χ4v) is 11.8. The Balaban J connectivity index is 3.96. The number of rotatable bonds is 74. The highest BCUT2D eigenvalue weighted by Crippen LogP contribution is 2.20. The van der Waals surface area contributed by atoms with Gasteiger partial charge in [0.05, 0.1) is 34.4 Å². The van der Waals surface area contributed by atoms with Gasteiger partial charge < -0.3 is 28.5 Å². The second kappa shape index (κ2) is 72.8. The highest BCUT2D eigenvalue weighted by Gasteiger charge is 2.25. The molecule has 0 spiro atoms. The predicted molar refractivity (Wildman–Crippen MR) is 392 cm³/mol. The molecular formula is C82H152NO8+. The molecule has 0 amide bonds. The molecule has 0 aromatic carbocycles. The van der Waals surface area contributed by atoms with Crippen molar-refractivity contribution in [3.05, 3.63) is 60.8 Å². The molecule has 0 aliphatic carbocycles. The first-order valence-electron chi connectivity index (χ1n) is 39.5. The van der Waals surface area contributed by atoms with E-state index in [0.717, 1.165) is 77.0 Å². The van der Waals surface area contributed by atoms with Gasteiger partial charge in [-0.15, -0.1) is 0 Å². The van der Waals surface area contributed by atoms with Gasteiger partial charge in [-0.1, -0.05) is 376 Å². The van der Waals surface area contributed by atoms with Crippen LogP contribution in [0.5, 0.6) is 0 Å². The van der Waals surface area contributed by atoms with E-state index in [-0.39, 0.29) is 32.2 Å². The SMILES string of the molecule is CC/C=C\C/C=C\C/C=C\C/C=C\C/C=C\CCCCCCCCCCCCCC(=O)OC(COC(=O)CCCCCCCCCCCCCCCCCCCCCCCCCCCCCCCCCCCCCCCCC)COC(OCC[N+](C)(C)C)C(=O)O. The fraction of sp³-hybridized carbons (Fsp3) is 0.841. The molecule has 1 N–H and O–H groups in total. The summed E-state index contributed by atoms with van der Waals surface area (Å²) in [7, 11) is 5.99. The number of esters is 2. The lowest BCUT2D eigenvalue weighted by molar-refractivity contribution is -0.870. The van der Waals surface area contributed by atoms with Crippen LogP contribution in [0.25, 0.3) is 0 Å². The summed E-state index contributed by atoms with van der Waals surface area (Å²) in [5, 5.41) is 9.76. The molecule has 2 atom stereocenters. The number of aliphatic carboxylic acids is 1. The number of carboxylic acids is 1. The third-order valence-electron chi connectivity index (χ3n) is 17.8. The molecule has 532 valence electrons. The topological polar surface area (TPSA) is 108 Å². The van der Waals surface area contributed by atoms with E-state index in [2.05, 4.69) is 74.6 Å². The monoisotopic (exact) mass is 1280 g/mol. The summed E-state index contributed by atoms with van der Waals surface area (Å²) >= 11 is 0. The highest BCUT2D eigenvalue weighted by atomic mass is 16.7. The molecule has 0 aromatic rings. The van der Waals surface area contributed by atoms with Crippen molar-refractivity contribution in [3.8, 4) is 0 Å². The number of carbonyl (C=O) groups is 3. The molecule has 0 saturated carbocycles. The smallest absolute Gasteiger partial charge is 0.361 e. The first-order valence-corrected chi connectivity index (χ1v) is 39.5. The summed E-state index contributed by atoms with van der Waals surface area (Å²) < 4.78 is 23.0. The van der Waals surface area contributed by atoms with Gasteiger partial charge in [0.25, 0.3) is 6.29 Å². The van der Waals surface area contributed by atoms with Crippen molar-refractivity contribution < 1.29 is 42.9 Å². The van der Waals surface area contributed by atoms with E-state index in [1.165, 1.54) is 283 Å². The van der Waals surface area contributed by atoms with Gasteiger partial charge in [-0.3, -0.25) is 9.59 Å². The van der Waals surface area contributed by atoms with Gasteiger partial charge in [-0.25, -0.2) is 4.79 Å². The Morgan fingerprint density at radius 3 is 0.934 bits per heavy atom. The molecule has 91 heavy (non-hydrogen) atoms. The molecule has 2 unspecified atom stereocenters. The number of likely N-dealkylation sites (N-methyl/N-ethyl adjacent to an activating group) is 1. The van der Waals surface area contributed by atoms with Crippen LogP contribution in [0.1, 0.15) is 386 Å². The Morgan fingerprint density at radius 1 is 0.341 bits per heavy atom. The van der Waals surface area contributed by atoms with Gasteiger partial charge >= 0.3 is 17.9 Å². The maximum absolute atomic E-state index is 13.0. The number of nitrogens with zero attached hydrogens (tertiary/aromatic N) is 1. The summed E-state index contributed by atoms with van der Waals surface area (Å²) in [6.45, 7) is 4.82. The van der Waals surface area contributed by atoms with Crippen molar-refractivity contribution in [2.75, 3.05) is 47.5 Å². The largest absolute Gasteiger partial charge is 0.477 e. The van der Waals surface area contributed by atoms with Crippen LogP contribution in [-0.4, -0.2) is 87.4 Å². The zero-order chi connectivity index (χ0) is 66.1. The van der Waals surface area contributed by atoms with Crippen LogP contribution in [0.15, 0.2) is 60.8 Å². The number of allylic oxidation sites excluding steroid dienone is 10. The number of carboxylic acid groups (broad SMARTS) is 1. The normalized spacial score (nSPS) is 12.9. The molecule has 0 aromatic heterocycles.